The Kier molecular flexibility index (Phi) is 7.73. The fourth-order valence-corrected chi connectivity index (χ4v) is 3.38. The summed E-state index contributed by atoms with van der Waals surface area (Å²) in [5.41, 5.74) is 0.545. The van der Waals surface area contributed by atoms with Gasteiger partial charge in [-0.15, -0.1) is 5.11 Å². The third-order valence-electron chi connectivity index (χ3n) is 5.30. The second-order valence-corrected chi connectivity index (χ2v) is 7.57. The van der Waals surface area contributed by atoms with Gasteiger partial charge >= 0.3 is 5.97 Å². The van der Waals surface area contributed by atoms with Gasteiger partial charge in [0, 0.05) is 18.7 Å². The molecule has 2 aromatic rings. The minimum atomic E-state index is -0.509. The Morgan fingerprint density at radius 1 is 1.34 bits per heavy atom. The summed E-state index contributed by atoms with van der Waals surface area (Å²) in [6.07, 6.45) is 3.31. The van der Waals surface area contributed by atoms with E-state index in [0.29, 0.717) is 24.3 Å². The number of esters is 1. The molecule has 3 rings (SSSR count). The van der Waals surface area contributed by atoms with Gasteiger partial charge in [-0.25, -0.2) is 4.79 Å². The normalized spacial score (nSPS) is 15.7. The third-order valence-corrected chi connectivity index (χ3v) is 5.30. The van der Waals surface area contributed by atoms with Crippen LogP contribution in [0.15, 0.2) is 39.3 Å². The standard InChI is InChI=1S/C23H26N4O5/c1-3-4-11-27-21(28)19(13-24)15(2)20(22(27)29)26-25-17-9-7-16(8-10-17)23(30)32-14-18-6-5-12-31-18/h7-10,18,28H,3-6,11-12,14H2,1-2H3. The van der Waals surface area contributed by atoms with Gasteiger partial charge in [-0.2, -0.15) is 10.4 Å². The highest BCUT2D eigenvalue weighted by molar-refractivity contribution is 5.89. The van der Waals surface area contributed by atoms with Crippen molar-refractivity contribution in [2.24, 2.45) is 10.2 Å². The molecule has 1 aliphatic rings. The minimum Gasteiger partial charge on any atom is -0.493 e. The Bertz CT molecular complexity index is 1090. The molecule has 1 aromatic heterocycles. The lowest BCUT2D eigenvalue weighted by Gasteiger charge is -2.12. The van der Waals surface area contributed by atoms with Crippen LogP contribution in [0.4, 0.5) is 11.4 Å². The number of rotatable bonds is 8. The largest absolute Gasteiger partial charge is 0.493 e. The van der Waals surface area contributed by atoms with E-state index in [1.165, 1.54) is 0 Å². The number of nitrogens with zero attached hydrogens (tertiary/aromatic N) is 4. The number of hydrogen-bond donors (Lipinski definition) is 1. The molecule has 0 saturated carbocycles. The Morgan fingerprint density at radius 3 is 2.72 bits per heavy atom. The molecule has 2 heterocycles. The molecule has 1 saturated heterocycles. The second kappa shape index (κ2) is 10.7. The highest BCUT2D eigenvalue weighted by Crippen LogP contribution is 2.27. The van der Waals surface area contributed by atoms with Gasteiger partial charge in [-0.05, 0) is 50.5 Å². The van der Waals surface area contributed by atoms with E-state index >= 15 is 0 Å². The van der Waals surface area contributed by atoms with Gasteiger partial charge in [-0.3, -0.25) is 9.36 Å². The maximum atomic E-state index is 12.8. The molecular formula is C23H26N4O5. The summed E-state index contributed by atoms with van der Waals surface area (Å²) in [4.78, 5) is 25.0. The zero-order valence-corrected chi connectivity index (χ0v) is 18.2. The zero-order chi connectivity index (χ0) is 23.1. The average Bonchev–Trinajstić information content (AvgIpc) is 3.32. The van der Waals surface area contributed by atoms with Gasteiger partial charge in [0.1, 0.15) is 18.2 Å². The summed E-state index contributed by atoms with van der Waals surface area (Å²) in [5.74, 6) is -0.802. The summed E-state index contributed by atoms with van der Waals surface area (Å²) in [6.45, 7) is 4.71. The van der Waals surface area contributed by atoms with E-state index in [0.717, 1.165) is 23.8 Å². The van der Waals surface area contributed by atoms with E-state index in [9.17, 15) is 20.0 Å². The first-order valence-corrected chi connectivity index (χ1v) is 10.6. The maximum Gasteiger partial charge on any atom is 0.338 e. The van der Waals surface area contributed by atoms with Crippen molar-refractivity contribution in [1.29, 1.82) is 5.26 Å². The van der Waals surface area contributed by atoms with Crippen LogP contribution >= 0.6 is 0 Å². The Balaban J connectivity index is 1.77. The lowest BCUT2D eigenvalue weighted by Crippen LogP contribution is -2.22. The molecule has 0 spiro atoms. The molecule has 1 fully saturated rings. The first-order chi connectivity index (χ1) is 15.5. The number of unbranched alkanes of at least 4 members (excludes halogenated alkanes) is 1. The number of hydrogen-bond acceptors (Lipinski definition) is 8. The molecule has 1 atom stereocenters. The van der Waals surface area contributed by atoms with Crippen molar-refractivity contribution in [2.75, 3.05) is 13.2 Å². The van der Waals surface area contributed by atoms with Crippen LogP contribution < -0.4 is 5.56 Å². The molecule has 0 aliphatic carbocycles. The van der Waals surface area contributed by atoms with Gasteiger partial charge in [0.25, 0.3) is 5.56 Å². The van der Waals surface area contributed by atoms with Crippen molar-refractivity contribution < 1.29 is 19.4 Å². The van der Waals surface area contributed by atoms with Gasteiger partial charge in [-0.1, -0.05) is 13.3 Å². The number of aromatic nitrogens is 1. The van der Waals surface area contributed by atoms with Gasteiger partial charge < -0.3 is 14.6 Å². The molecule has 1 N–H and O–H groups in total. The number of ether oxygens (including phenoxy) is 2. The van der Waals surface area contributed by atoms with Crippen molar-refractivity contribution in [1.82, 2.24) is 4.57 Å². The van der Waals surface area contributed by atoms with Crippen LogP contribution in [0.5, 0.6) is 5.88 Å². The van der Waals surface area contributed by atoms with Crippen molar-refractivity contribution in [3.8, 4) is 11.9 Å². The van der Waals surface area contributed by atoms with Crippen LogP contribution in [0.3, 0.4) is 0 Å². The van der Waals surface area contributed by atoms with E-state index in [2.05, 4.69) is 10.2 Å². The highest BCUT2D eigenvalue weighted by Gasteiger charge is 2.19. The number of aromatic hydroxyl groups is 1. The molecule has 1 unspecified atom stereocenters. The zero-order valence-electron chi connectivity index (χ0n) is 18.2. The van der Waals surface area contributed by atoms with Crippen LogP contribution in [0, 0.1) is 18.3 Å². The average molecular weight is 438 g/mol. The lowest BCUT2D eigenvalue weighted by molar-refractivity contribution is 0.0161. The van der Waals surface area contributed by atoms with E-state index in [4.69, 9.17) is 9.47 Å². The van der Waals surface area contributed by atoms with E-state index in [-0.39, 0.29) is 41.9 Å². The molecular weight excluding hydrogens is 412 g/mol. The SMILES string of the molecule is CCCCn1c(O)c(C#N)c(C)c(N=Nc2ccc(C(=O)OCC3CCCO3)cc2)c1=O. The molecule has 1 aliphatic heterocycles. The molecule has 0 bridgehead atoms. The van der Waals surface area contributed by atoms with Crippen molar-refractivity contribution in [2.45, 2.75) is 52.2 Å². The van der Waals surface area contributed by atoms with Crippen molar-refractivity contribution >= 4 is 17.3 Å². The molecule has 9 nitrogen and oxygen atoms in total. The van der Waals surface area contributed by atoms with Gasteiger partial charge in [0.05, 0.1) is 17.4 Å². The summed E-state index contributed by atoms with van der Waals surface area (Å²) < 4.78 is 11.9. The van der Waals surface area contributed by atoms with E-state index < -0.39 is 11.5 Å². The number of azo groups is 1. The van der Waals surface area contributed by atoms with Crippen LogP contribution in [-0.2, 0) is 16.0 Å². The number of carbonyl (C=O) groups excluding carboxylic acids is 1. The monoisotopic (exact) mass is 438 g/mol. The van der Waals surface area contributed by atoms with Crippen LogP contribution in [0.25, 0.3) is 0 Å². The Labute approximate surface area is 185 Å². The topological polar surface area (TPSA) is 126 Å². The van der Waals surface area contributed by atoms with Crippen LogP contribution in [0.2, 0.25) is 0 Å². The van der Waals surface area contributed by atoms with Crippen molar-refractivity contribution in [3.05, 3.63) is 51.3 Å². The first-order valence-electron chi connectivity index (χ1n) is 10.6. The molecule has 168 valence electrons. The van der Waals surface area contributed by atoms with Gasteiger partial charge in [0.15, 0.2) is 5.69 Å². The quantitative estimate of drug-likeness (QED) is 0.484. The molecule has 9 heteroatoms. The predicted octanol–water partition coefficient (Wildman–Crippen LogP) is 4.29. The fraction of sp³-hybridized carbons (Fsp3) is 0.435. The fourth-order valence-electron chi connectivity index (χ4n) is 3.38. The maximum absolute atomic E-state index is 12.8. The van der Waals surface area contributed by atoms with E-state index in [1.807, 2.05) is 13.0 Å². The van der Waals surface area contributed by atoms with Crippen molar-refractivity contribution in [3.63, 3.8) is 0 Å². The number of carbonyl (C=O) groups is 1. The molecule has 1 aromatic carbocycles. The van der Waals surface area contributed by atoms with Gasteiger partial charge in [0.2, 0.25) is 5.88 Å². The predicted molar refractivity (Wildman–Crippen MR) is 117 cm³/mol. The van der Waals surface area contributed by atoms with E-state index in [1.54, 1.807) is 31.2 Å². The summed E-state index contributed by atoms with van der Waals surface area (Å²) in [5, 5.41) is 27.8. The van der Waals surface area contributed by atoms with Crippen LogP contribution in [0.1, 0.15) is 54.1 Å². The summed E-state index contributed by atoms with van der Waals surface area (Å²) in [6, 6.07) is 8.23. The molecule has 0 radical (unpaired) electrons. The molecule has 0 amide bonds. The smallest absolute Gasteiger partial charge is 0.338 e. The number of nitriles is 1. The third kappa shape index (κ3) is 5.21. The highest BCUT2D eigenvalue weighted by atomic mass is 16.6. The number of benzene rings is 1. The molecule has 32 heavy (non-hydrogen) atoms. The first kappa shape index (κ1) is 23.2. The Hall–Kier alpha value is -3.51. The van der Waals surface area contributed by atoms with Crippen LogP contribution in [-0.4, -0.2) is 35.0 Å². The Morgan fingerprint density at radius 2 is 2.09 bits per heavy atom. The summed E-state index contributed by atoms with van der Waals surface area (Å²) in [7, 11) is 0. The minimum absolute atomic E-state index is 0.000936. The second-order valence-electron chi connectivity index (χ2n) is 7.57. The lowest BCUT2D eigenvalue weighted by atomic mass is 10.1. The number of pyridine rings is 1. The summed E-state index contributed by atoms with van der Waals surface area (Å²) >= 11 is 0.